The van der Waals surface area contributed by atoms with E-state index in [1.165, 1.54) is 16.2 Å². The van der Waals surface area contributed by atoms with Crippen molar-refractivity contribution in [3.63, 3.8) is 0 Å². The van der Waals surface area contributed by atoms with E-state index < -0.39 is 0 Å². The van der Waals surface area contributed by atoms with Crippen molar-refractivity contribution in [2.45, 2.75) is 32.1 Å². The fourth-order valence-corrected chi connectivity index (χ4v) is 4.23. The number of H-pyrrole nitrogens is 1. The summed E-state index contributed by atoms with van der Waals surface area (Å²) in [7, 11) is 0. The van der Waals surface area contributed by atoms with E-state index in [0.717, 1.165) is 37.4 Å². The number of likely N-dealkylation sites (tertiary alicyclic amines) is 1. The van der Waals surface area contributed by atoms with Gasteiger partial charge in [-0.3, -0.25) is 15.0 Å². The topological polar surface area (TPSA) is 54.0 Å². The van der Waals surface area contributed by atoms with Crippen LogP contribution >= 0.6 is 11.3 Å². The van der Waals surface area contributed by atoms with Crippen LogP contribution in [0, 0.1) is 0 Å². The van der Waals surface area contributed by atoms with Gasteiger partial charge >= 0.3 is 0 Å². The Morgan fingerprint density at radius 2 is 2.20 bits per heavy atom. The summed E-state index contributed by atoms with van der Waals surface area (Å²) in [5.74, 6) is 0. The monoisotopic (exact) mass is 354 g/mol. The molecule has 1 aliphatic heterocycles. The van der Waals surface area contributed by atoms with Crippen LogP contribution in [0.5, 0.6) is 0 Å². The molecule has 0 radical (unpaired) electrons. The number of hydrogen-bond acceptors (Lipinski definition) is 5. The summed E-state index contributed by atoms with van der Waals surface area (Å²) in [6.07, 6.45) is 6.23. The van der Waals surface area contributed by atoms with Crippen LogP contribution in [0.1, 0.15) is 23.4 Å². The summed E-state index contributed by atoms with van der Waals surface area (Å²) >= 11 is 1.83. The van der Waals surface area contributed by atoms with Gasteiger partial charge < -0.3 is 4.74 Å². The molecule has 0 bridgehead atoms. The number of aromatic nitrogens is 3. The summed E-state index contributed by atoms with van der Waals surface area (Å²) in [6.45, 7) is 3.72. The van der Waals surface area contributed by atoms with Crippen molar-refractivity contribution < 1.29 is 4.74 Å². The van der Waals surface area contributed by atoms with Gasteiger partial charge in [0.2, 0.25) is 0 Å². The van der Waals surface area contributed by atoms with Gasteiger partial charge in [-0.1, -0.05) is 6.07 Å². The molecule has 3 aromatic heterocycles. The Kier molecular flexibility index (Phi) is 5.20. The van der Waals surface area contributed by atoms with Crippen LogP contribution in [0.4, 0.5) is 0 Å². The average Bonchev–Trinajstić information content (AvgIpc) is 3.33. The average molecular weight is 354 g/mol. The third-order valence-corrected chi connectivity index (χ3v) is 5.57. The Labute approximate surface area is 151 Å². The second-order valence-corrected chi connectivity index (χ2v) is 7.54. The minimum absolute atomic E-state index is 0.294. The summed E-state index contributed by atoms with van der Waals surface area (Å²) in [4.78, 5) is 9.45. The fourth-order valence-electron chi connectivity index (χ4n) is 3.20. The SMILES string of the molecule is c1ccc(CO[C@H]2CCCN(Cc3ccc(-c4ccn[nH]4)s3)C2)nc1. The van der Waals surface area contributed by atoms with E-state index in [9.17, 15) is 0 Å². The smallest absolute Gasteiger partial charge is 0.0892 e. The summed E-state index contributed by atoms with van der Waals surface area (Å²) in [5.41, 5.74) is 2.09. The molecule has 0 aliphatic carbocycles. The Balaban J connectivity index is 1.31. The second kappa shape index (κ2) is 7.91. The van der Waals surface area contributed by atoms with E-state index in [2.05, 4.69) is 32.2 Å². The van der Waals surface area contributed by atoms with E-state index in [0.29, 0.717) is 12.7 Å². The first-order chi connectivity index (χ1) is 12.4. The number of piperidine rings is 1. The molecule has 6 heteroatoms. The maximum atomic E-state index is 6.09. The molecule has 0 amide bonds. The maximum absolute atomic E-state index is 6.09. The molecule has 0 aromatic carbocycles. The highest BCUT2D eigenvalue weighted by Crippen LogP contribution is 2.28. The Morgan fingerprint density at radius 3 is 3.04 bits per heavy atom. The van der Waals surface area contributed by atoms with E-state index >= 15 is 0 Å². The van der Waals surface area contributed by atoms with Gasteiger partial charge in [0.1, 0.15) is 0 Å². The molecule has 3 aromatic rings. The molecule has 0 spiro atoms. The van der Waals surface area contributed by atoms with Gasteiger partial charge in [0.05, 0.1) is 29.0 Å². The highest BCUT2D eigenvalue weighted by Gasteiger charge is 2.21. The van der Waals surface area contributed by atoms with Crippen LogP contribution in [-0.2, 0) is 17.9 Å². The molecule has 1 N–H and O–H groups in total. The Bertz CT molecular complexity index is 772. The molecule has 4 heterocycles. The molecule has 4 rings (SSSR count). The van der Waals surface area contributed by atoms with Crippen molar-refractivity contribution in [1.82, 2.24) is 20.1 Å². The zero-order valence-corrected chi connectivity index (χ0v) is 14.9. The second-order valence-electron chi connectivity index (χ2n) is 6.37. The van der Waals surface area contributed by atoms with Crippen molar-refractivity contribution in [3.05, 3.63) is 59.4 Å². The number of aromatic amines is 1. The summed E-state index contributed by atoms with van der Waals surface area (Å²) in [5, 5.41) is 7.06. The van der Waals surface area contributed by atoms with Gasteiger partial charge in [-0.2, -0.15) is 5.10 Å². The van der Waals surface area contributed by atoms with Gasteiger partial charge in [-0.15, -0.1) is 11.3 Å². The molecule has 1 aliphatic rings. The van der Waals surface area contributed by atoms with Crippen LogP contribution in [0.15, 0.2) is 48.8 Å². The normalized spacial score (nSPS) is 18.5. The summed E-state index contributed by atoms with van der Waals surface area (Å²) in [6, 6.07) is 12.4. The van der Waals surface area contributed by atoms with Crippen LogP contribution in [0.3, 0.4) is 0 Å². The van der Waals surface area contributed by atoms with Crippen molar-refractivity contribution >= 4 is 11.3 Å². The fraction of sp³-hybridized carbons (Fsp3) is 0.368. The lowest BCUT2D eigenvalue weighted by molar-refractivity contribution is -0.0130. The van der Waals surface area contributed by atoms with E-state index in [-0.39, 0.29) is 0 Å². The zero-order valence-electron chi connectivity index (χ0n) is 14.1. The Morgan fingerprint density at radius 1 is 1.20 bits per heavy atom. The van der Waals surface area contributed by atoms with Crippen LogP contribution in [0.25, 0.3) is 10.6 Å². The molecular weight excluding hydrogens is 332 g/mol. The molecule has 0 saturated carbocycles. The van der Waals surface area contributed by atoms with Crippen molar-refractivity contribution in [1.29, 1.82) is 0 Å². The first kappa shape index (κ1) is 16.4. The van der Waals surface area contributed by atoms with Crippen LogP contribution < -0.4 is 0 Å². The molecule has 5 nitrogen and oxygen atoms in total. The molecule has 1 fully saturated rings. The molecule has 1 saturated heterocycles. The third-order valence-electron chi connectivity index (χ3n) is 4.46. The predicted octanol–water partition coefficient (Wildman–Crippen LogP) is 3.71. The lowest BCUT2D eigenvalue weighted by Gasteiger charge is -2.32. The van der Waals surface area contributed by atoms with Crippen molar-refractivity contribution in [3.8, 4) is 10.6 Å². The van der Waals surface area contributed by atoms with Crippen LogP contribution in [0.2, 0.25) is 0 Å². The zero-order chi connectivity index (χ0) is 16.9. The number of rotatable bonds is 6. The quantitative estimate of drug-likeness (QED) is 0.733. The molecule has 130 valence electrons. The van der Waals surface area contributed by atoms with Gasteiger partial charge in [-0.05, 0) is 49.7 Å². The molecule has 1 atom stereocenters. The number of nitrogens with zero attached hydrogens (tertiary/aromatic N) is 3. The first-order valence-electron chi connectivity index (χ1n) is 8.69. The van der Waals surface area contributed by atoms with Gasteiger partial charge in [-0.25, -0.2) is 0 Å². The van der Waals surface area contributed by atoms with E-state index in [4.69, 9.17) is 4.74 Å². The Hall–Kier alpha value is -2.02. The lowest BCUT2D eigenvalue weighted by atomic mass is 10.1. The maximum Gasteiger partial charge on any atom is 0.0892 e. The van der Waals surface area contributed by atoms with E-state index in [1.807, 2.05) is 41.8 Å². The minimum atomic E-state index is 0.294. The highest BCUT2D eigenvalue weighted by molar-refractivity contribution is 7.15. The number of hydrogen-bond donors (Lipinski definition) is 1. The number of nitrogens with one attached hydrogen (secondary N) is 1. The highest BCUT2D eigenvalue weighted by atomic mass is 32.1. The molecular formula is C19H22N4OS. The van der Waals surface area contributed by atoms with Gasteiger partial charge in [0.15, 0.2) is 0 Å². The number of ether oxygens (including phenoxy) is 1. The predicted molar refractivity (Wildman–Crippen MR) is 99.2 cm³/mol. The van der Waals surface area contributed by atoms with Crippen molar-refractivity contribution in [2.75, 3.05) is 13.1 Å². The summed E-state index contributed by atoms with van der Waals surface area (Å²) < 4.78 is 6.09. The molecule has 25 heavy (non-hydrogen) atoms. The standard InChI is InChI=1S/C19H22N4OS/c1-2-9-20-15(4-1)14-24-16-5-3-11-23(12-16)13-17-6-7-19(25-17)18-8-10-21-22-18/h1-2,4,6-10,16H,3,5,11-14H2,(H,21,22)/t16-/m0/s1. The molecule has 0 unspecified atom stereocenters. The van der Waals surface area contributed by atoms with Gasteiger partial charge in [0, 0.05) is 30.4 Å². The largest absolute Gasteiger partial charge is 0.371 e. The first-order valence-corrected chi connectivity index (χ1v) is 9.51. The lowest BCUT2D eigenvalue weighted by Crippen LogP contribution is -2.38. The third kappa shape index (κ3) is 4.34. The van der Waals surface area contributed by atoms with Crippen molar-refractivity contribution in [2.24, 2.45) is 0 Å². The van der Waals surface area contributed by atoms with Crippen LogP contribution in [-0.4, -0.2) is 39.3 Å². The minimum Gasteiger partial charge on any atom is -0.371 e. The number of thiophene rings is 1. The van der Waals surface area contributed by atoms with E-state index in [1.54, 1.807) is 6.20 Å². The van der Waals surface area contributed by atoms with Gasteiger partial charge in [0.25, 0.3) is 0 Å². The number of pyridine rings is 1.